The molecule has 1 aromatic heterocycles. The zero-order valence-electron chi connectivity index (χ0n) is 14.4. The normalized spacial score (nSPS) is 12.0. The Morgan fingerprint density at radius 1 is 1.30 bits per heavy atom. The first kappa shape index (κ1) is 19.2. The van der Waals surface area contributed by atoms with Gasteiger partial charge in [0, 0.05) is 9.99 Å². The Morgan fingerprint density at radius 2 is 2.00 bits per heavy atom. The highest BCUT2D eigenvalue weighted by Crippen LogP contribution is 2.23. The zero-order valence-corrected chi connectivity index (χ0v) is 16.5. The van der Waals surface area contributed by atoms with Crippen molar-refractivity contribution in [3.63, 3.8) is 0 Å². The third kappa shape index (κ3) is 4.38. The smallest absolute Gasteiger partial charge is 0.329 e. The third-order valence-electron chi connectivity index (χ3n) is 4.14. The Labute approximate surface area is 168 Å². The maximum atomic E-state index is 14.1. The van der Waals surface area contributed by atoms with Gasteiger partial charge in [0.1, 0.15) is 11.9 Å². The number of aromatic nitrogens is 2. The van der Waals surface area contributed by atoms with Gasteiger partial charge in [0.05, 0.1) is 11.9 Å². The first-order valence-electron chi connectivity index (χ1n) is 8.15. The van der Waals surface area contributed by atoms with E-state index in [-0.39, 0.29) is 18.0 Å². The van der Waals surface area contributed by atoms with Crippen LogP contribution in [0.2, 0.25) is 0 Å². The SMILES string of the molecule is Cc1ccc(CC(C(=O)Nc2ccc(I)cc2F)n2c(O)c[nH]c2=O)cc1. The number of hydrogen-bond donors (Lipinski definition) is 3. The summed E-state index contributed by atoms with van der Waals surface area (Å²) in [5.41, 5.74) is 1.25. The molecular weight excluding hydrogens is 464 g/mol. The van der Waals surface area contributed by atoms with Crippen LogP contribution in [0.3, 0.4) is 0 Å². The minimum absolute atomic E-state index is 0.0115. The van der Waals surface area contributed by atoms with E-state index in [1.54, 1.807) is 6.07 Å². The third-order valence-corrected chi connectivity index (χ3v) is 4.81. The number of benzene rings is 2. The number of aromatic hydroxyl groups is 1. The van der Waals surface area contributed by atoms with Crippen LogP contribution in [0.4, 0.5) is 10.1 Å². The lowest BCUT2D eigenvalue weighted by atomic mass is 10.0. The average molecular weight is 481 g/mol. The lowest BCUT2D eigenvalue weighted by Gasteiger charge is -2.19. The highest BCUT2D eigenvalue weighted by molar-refractivity contribution is 14.1. The van der Waals surface area contributed by atoms with Gasteiger partial charge in [-0.15, -0.1) is 0 Å². The summed E-state index contributed by atoms with van der Waals surface area (Å²) in [6.07, 6.45) is 1.27. The molecule has 1 unspecified atom stereocenters. The number of rotatable bonds is 5. The number of hydrogen-bond acceptors (Lipinski definition) is 3. The second-order valence-corrected chi connectivity index (χ2v) is 7.39. The summed E-state index contributed by atoms with van der Waals surface area (Å²) in [5, 5.41) is 12.5. The maximum Gasteiger partial charge on any atom is 0.329 e. The first-order valence-corrected chi connectivity index (χ1v) is 9.23. The van der Waals surface area contributed by atoms with Crippen molar-refractivity contribution < 1.29 is 14.3 Å². The lowest BCUT2D eigenvalue weighted by molar-refractivity contribution is -0.119. The standard InChI is InChI=1S/C19H17FIN3O3/c1-11-2-4-12(5-3-11)8-16(24-17(25)10-22-19(24)27)18(26)23-15-7-6-13(21)9-14(15)20/h2-7,9-10,16,25H,8H2,1H3,(H,22,27)(H,23,26). The number of carbonyl (C=O) groups excluding carboxylic acids is 1. The molecule has 0 saturated heterocycles. The second kappa shape index (κ2) is 7.95. The second-order valence-electron chi connectivity index (χ2n) is 6.14. The van der Waals surface area contributed by atoms with Crippen molar-refractivity contribution in [2.24, 2.45) is 0 Å². The van der Waals surface area contributed by atoms with E-state index in [0.29, 0.717) is 3.57 Å². The highest BCUT2D eigenvalue weighted by atomic mass is 127. The Kier molecular flexibility index (Phi) is 5.64. The first-order chi connectivity index (χ1) is 12.8. The van der Waals surface area contributed by atoms with Gasteiger partial charge in [-0.2, -0.15) is 0 Å². The molecule has 27 heavy (non-hydrogen) atoms. The number of nitrogens with one attached hydrogen (secondary N) is 2. The van der Waals surface area contributed by atoms with E-state index in [1.165, 1.54) is 12.1 Å². The summed E-state index contributed by atoms with van der Waals surface area (Å²) in [4.78, 5) is 27.3. The molecule has 6 nitrogen and oxygen atoms in total. The molecule has 0 fully saturated rings. The van der Waals surface area contributed by atoms with Crippen molar-refractivity contribution in [1.82, 2.24) is 9.55 Å². The van der Waals surface area contributed by atoms with E-state index in [2.05, 4.69) is 10.3 Å². The van der Waals surface area contributed by atoms with E-state index in [4.69, 9.17) is 0 Å². The summed E-state index contributed by atoms with van der Waals surface area (Å²) in [7, 11) is 0. The molecule has 0 aliphatic carbocycles. The van der Waals surface area contributed by atoms with Crippen molar-refractivity contribution in [3.05, 3.63) is 79.7 Å². The largest absolute Gasteiger partial charge is 0.493 e. The number of H-pyrrole nitrogens is 1. The predicted molar refractivity (Wildman–Crippen MR) is 108 cm³/mol. The average Bonchev–Trinajstić information content (AvgIpc) is 2.95. The van der Waals surface area contributed by atoms with Crippen LogP contribution in [0, 0.1) is 16.3 Å². The van der Waals surface area contributed by atoms with Gasteiger partial charge in [-0.3, -0.25) is 9.36 Å². The van der Waals surface area contributed by atoms with Crippen molar-refractivity contribution in [2.75, 3.05) is 5.32 Å². The van der Waals surface area contributed by atoms with Crippen LogP contribution in [0.25, 0.3) is 0 Å². The summed E-state index contributed by atoms with van der Waals surface area (Å²) >= 11 is 1.97. The van der Waals surface area contributed by atoms with E-state index >= 15 is 0 Å². The molecule has 0 aliphatic rings. The number of halogens is 2. The molecule has 0 saturated carbocycles. The minimum Gasteiger partial charge on any atom is -0.493 e. The van der Waals surface area contributed by atoms with E-state index in [0.717, 1.165) is 21.9 Å². The topological polar surface area (TPSA) is 87.1 Å². The fourth-order valence-electron chi connectivity index (χ4n) is 2.73. The predicted octanol–water partition coefficient (Wildman–Crippen LogP) is 3.36. The summed E-state index contributed by atoms with van der Waals surface area (Å²) in [6.45, 7) is 1.94. The molecule has 0 aliphatic heterocycles. The summed E-state index contributed by atoms with van der Waals surface area (Å²) in [6, 6.07) is 10.8. The molecule has 3 aromatic rings. The molecule has 0 bridgehead atoms. The van der Waals surface area contributed by atoms with Crippen LogP contribution in [0.15, 0.2) is 53.5 Å². The van der Waals surface area contributed by atoms with Crippen molar-refractivity contribution in [2.45, 2.75) is 19.4 Å². The Balaban J connectivity index is 1.94. The number of carbonyl (C=O) groups is 1. The van der Waals surface area contributed by atoms with Crippen molar-refractivity contribution in [3.8, 4) is 5.88 Å². The molecule has 1 atom stereocenters. The van der Waals surface area contributed by atoms with Crippen molar-refractivity contribution >= 4 is 34.2 Å². The molecule has 3 rings (SSSR count). The molecule has 0 spiro atoms. The van der Waals surface area contributed by atoms with Crippen LogP contribution >= 0.6 is 22.6 Å². The zero-order chi connectivity index (χ0) is 19.6. The maximum absolute atomic E-state index is 14.1. The van der Waals surface area contributed by atoms with Gasteiger partial charge >= 0.3 is 5.69 Å². The fourth-order valence-corrected chi connectivity index (χ4v) is 3.18. The number of nitrogens with zero attached hydrogens (tertiary/aromatic N) is 1. The molecule has 0 radical (unpaired) electrons. The Hall–Kier alpha value is -2.62. The van der Waals surface area contributed by atoms with Gasteiger partial charge < -0.3 is 15.4 Å². The number of amides is 1. The van der Waals surface area contributed by atoms with Crippen LogP contribution < -0.4 is 11.0 Å². The quantitative estimate of drug-likeness (QED) is 0.489. The highest BCUT2D eigenvalue weighted by Gasteiger charge is 2.26. The molecule has 1 heterocycles. The number of anilines is 1. The monoisotopic (exact) mass is 481 g/mol. The van der Waals surface area contributed by atoms with Crippen LogP contribution in [-0.4, -0.2) is 20.6 Å². The van der Waals surface area contributed by atoms with Gasteiger partial charge in [0.25, 0.3) is 0 Å². The van der Waals surface area contributed by atoms with Gasteiger partial charge in [0.15, 0.2) is 0 Å². The van der Waals surface area contributed by atoms with Gasteiger partial charge in [-0.25, -0.2) is 9.18 Å². The summed E-state index contributed by atoms with van der Waals surface area (Å²) < 4.78 is 15.8. The summed E-state index contributed by atoms with van der Waals surface area (Å²) in [5.74, 6) is -1.54. The molecule has 3 N–H and O–H groups in total. The molecule has 8 heteroatoms. The van der Waals surface area contributed by atoms with Crippen molar-refractivity contribution in [1.29, 1.82) is 0 Å². The van der Waals surface area contributed by atoms with Gasteiger partial charge in [-0.05, 0) is 53.3 Å². The molecule has 2 aromatic carbocycles. The van der Waals surface area contributed by atoms with Gasteiger partial charge in [-0.1, -0.05) is 29.8 Å². The Morgan fingerprint density at radius 3 is 2.59 bits per heavy atom. The number of aryl methyl sites for hydroxylation is 1. The molecular formula is C19H17FIN3O3. The van der Waals surface area contributed by atoms with Crippen LogP contribution in [0.5, 0.6) is 5.88 Å². The van der Waals surface area contributed by atoms with E-state index in [1.807, 2.05) is 53.8 Å². The fraction of sp³-hybridized carbons (Fsp3) is 0.158. The van der Waals surface area contributed by atoms with E-state index < -0.39 is 23.5 Å². The molecule has 140 valence electrons. The van der Waals surface area contributed by atoms with E-state index in [9.17, 15) is 19.1 Å². The molecule has 1 amide bonds. The Bertz CT molecular complexity index is 1030. The number of aromatic amines is 1. The minimum atomic E-state index is -1.05. The van der Waals surface area contributed by atoms with Crippen LogP contribution in [-0.2, 0) is 11.2 Å². The number of imidazole rings is 1. The lowest BCUT2D eigenvalue weighted by Crippen LogP contribution is -2.33. The van der Waals surface area contributed by atoms with Crippen LogP contribution in [0.1, 0.15) is 17.2 Å². The van der Waals surface area contributed by atoms with Gasteiger partial charge in [0.2, 0.25) is 11.8 Å².